The average molecular weight is 441 g/mol. The molecule has 4 aromatic rings. The molecule has 0 radical (unpaired) electrons. The first-order chi connectivity index (χ1) is 16.2. The zero-order valence-electron chi connectivity index (χ0n) is 19.0. The molecule has 0 aliphatic carbocycles. The Morgan fingerprint density at radius 2 is 1.70 bits per heavy atom. The minimum absolute atomic E-state index is 0.119. The first kappa shape index (κ1) is 21.1. The lowest BCUT2D eigenvalue weighted by Crippen LogP contribution is -2.30. The normalized spacial score (nSPS) is 14.3. The summed E-state index contributed by atoms with van der Waals surface area (Å²) < 4.78 is 6.76. The van der Waals surface area contributed by atoms with Gasteiger partial charge in [0.2, 0.25) is 0 Å². The van der Waals surface area contributed by atoms with Crippen LogP contribution in [-0.2, 0) is 0 Å². The molecule has 1 N–H and O–H groups in total. The summed E-state index contributed by atoms with van der Waals surface area (Å²) >= 11 is 0. The topological polar surface area (TPSA) is 62.6 Å². The Balaban J connectivity index is 1.64. The number of aromatic amines is 1. The average Bonchev–Trinajstić information content (AvgIpc) is 3.25. The number of nitrogens with zero attached hydrogens (tertiary/aromatic N) is 3. The molecule has 0 atom stereocenters. The van der Waals surface area contributed by atoms with Gasteiger partial charge in [-0.3, -0.25) is 4.79 Å². The Labute approximate surface area is 193 Å². The van der Waals surface area contributed by atoms with Crippen LogP contribution in [0.2, 0.25) is 0 Å². The molecule has 5 rings (SSSR count). The van der Waals surface area contributed by atoms with Crippen molar-refractivity contribution in [3.63, 3.8) is 0 Å². The Hall–Kier alpha value is -3.80. The molecule has 0 saturated carbocycles. The van der Waals surface area contributed by atoms with Crippen LogP contribution >= 0.6 is 0 Å². The molecule has 1 aliphatic heterocycles. The van der Waals surface area contributed by atoms with E-state index in [0.29, 0.717) is 5.56 Å². The summed E-state index contributed by atoms with van der Waals surface area (Å²) in [7, 11) is 1.65. The fourth-order valence-electron chi connectivity index (χ4n) is 4.49. The third kappa shape index (κ3) is 4.04. The quantitative estimate of drug-likeness (QED) is 0.465. The number of hydrogen-bond donors (Lipinski definition) is 1. The summed E-state index contributed by atoms with van der Waals surface area (Å²) in [6.07, 6.45) is 7.34. The Bertz CT molecular complexity index is 1350. The molecule has 6 nitrogen and oxygen atoms in total. The lowest BCUT2D eigenvalue weighted by Gasteiger charge is -2.28. The van der Waals surface area contributed by atoms with Crippen molar-refractivity contribution in [3.05, 3.63) is 81.8 Å². The van der Waals surface area contributed by atoms with Gasteiger partial charge in [-0.2, -0.15) is 9.61 Å². The van der Waals surface area contributed by atoms with Crippen LogP contribution in [-0.4, -0.2) is 34.8 Å². The highest BCUT2D eigenvalue weighted by Crippen LogP contribution is 2.34. The molecule has 33 heavy (non-hydrogen) atoms. The highest BCUT2D eigenvalue weighted by atomic mass is 16.5. The van der Waals surface area contributed by atoms with Crippen molar-refractivity contribution >= 4 is 23.5 Å². The standard InChI is InChI=1S/C27H28N4O2/c1-19-23(16-13-20-11-14-22(33-2)15-12-20)27(32)31-26(28-19)25(30-17-7-4-8-18-30)24(29-31)21-9-5-3-6-10-21/h3,5-6,9-16,28H,4,7-8,17-18H2,1-2H3/b16-13+. The molecule has 168 valence electrons. The van der Waals surface area contributed by atoms with Crippen LogP contribution in [0.15, 0.2) is 59.4 Å². The van der Waals surface area contributed by atoms with E-state index in [4.69, 9.17) is 9.84 Å². The van der Waals surface area contributed by atoms with Crippen LogP contribution in [0.25, 0.3) is 29.1 Å². The number of rotatable bonds is 5. The van der Waals surface area contributed by atoms with E-state index in [2.05, 4.69) is 22.0 Å². The number of hydrogen-bond acceptors (Lipinski definition) is 4. The molecular weight excluding hydrogens is 412 g/mol. The van der Waals surface area contributed by atoms with Crippen molar-refractivity contribution in [2.24, 2.45) is 0 Å². The lowest BCUT2D eigenvalue weighted by molar-refractivity contribution is 0.415. The van der Waals surface area contributed by atoms with Crippen LogP contribution in [0, 0.1) is 6.92 Å². The van der Waals surface area contributed by atoms with Crippen LogP contribution in [0.1, 0.15) is 36.1 Å². The number of piperidine rings is 1. The Kier molecular flexibility index (Phi) is 5.73. The number of nitrogens with one attached hydrogen (secondary N) is 1. The van der Waals surface area contributed by atoms with Gasteiger partial charge in [0.05, 0.1) is 12.7 Å². The SMILES string of the molecule is COc1ccc(/C=C/c2c(C)[nH]c3c(N4CCCCC4)c(-c4ccccc4)nn3c2=O)cc1. The van der Waals surface area contributed by atoms with Crippen molar-refractivity contribution in [2.45, 2.75) is 26.2 Å². The zero-order valence-corrected chi connectivity index (χ0v) is 19.0. The van der Waals surface area contributed by atoms with Crippen molar-refractivity contribution < 1.29 is 4.74 Å². The molecule has 1 aliphatic rings. The Morgan fingerprint density at radius 3 is 2.39 bits per heavy atom. The molecule has 3 heterocycles. The monoisotopic (exact) mass is 440 g/mol. The van der Waals surface area contributed by atoms with E-state index in [1.165, 1.54) is 10.9 Å². The molecule has 2 aromatic carbocycles. The summed E-state index contributed by atoms with van der Waals surface area (Å²) in [5.74, 6) is 0.804. The van der Waals surface area contributed by atoms with Gasteiger partial charge < -0.3 is 14.6 Å². The van der Waals surface area contributed by atoms with E-state index in [1.807, 2.05) is 61.5 Å². The van der Waals surface area contributed by atoms with Crippen LogP contribution in [0.3, 0.4) is 0 Å². The van der Waals surface area contributed by atoms with Crippen molar-refractivity contribution in [2.75, 3.05) is 25.1 Å². The van der Waals surface area contributed by atoms with E-state index in [1.54, 1.807) is 7.11 Å². The predicted molar refractivity (Wildman–Crippen MR) is 134 cm³/mol. The Morgan fingerprint density at radius 1 is 0.970 bits per heavy atom. The first-order valence-electron chi connectivity index (χ1n) is 11.4. The number of methoxy groups -OCH3 is 1. The van der Waals surface area contributed by atoms with E-state index in [9.17, 15) is 4.79 Å². The summed E-state index contributed by atoms with van der Waals surface area (Å²) in [6, 6.07) is 17.9. The predicted octanol–water partition coefficient (Wildman–Crippen LogP) is 5.17. The summed E-state index contributed by atoms with van der Waals surface area (Å²) in [6.45, 7) is 3.90. The molecule has 0 unspecified atom stereocenters. The largest absolute Gasteiger partial charge is 0.497 e. The van der Waals surface area contributed by atoms with Gasteiger partial charge in [-0.25, -0.2) is 0 Å². The maximum Gasteiger partial charge on any atom is 0.281 e. The molecule has 6 heteroatoms. The van der Waals surface area contributed by atoms with E-state index >= 15 is 0 Å². The number of aryl methyl sites for hydroxylation is 1. The maximum absolute atomic E-state index is 13.5. The van der Waals surface area contributed by atoms with Gasteiger partial charge in [0.1, 0.15) is 17.1 Å². The zero-order chi connectivity index (χ0) is 22.8. The third-order valence-corrected chi connectivity index (χ3v) is 6.27. The van der Waals surface area contributed by atoms with Gasteiger partial charge in [0.25, 0.3) is 5.56 Å². The second kappa shape index (κ2) is 8.98. The number of aromatic nitrogens is 3. The van der Waals surface area contributed by atoms with Gasteiger partial charge in [-0.1, -0.05) is 48.5 Å². The molecule has 1 fully saturated rings. The van der Waals surface area contributed by atoms with E-state index in [0.717, 1.165) is 65.5 Å². The number of benzene rings is 2. The number of H-pyrrole nitrogens is 1. The van der Waals surface area contributed by atoms with Gasteiger partial charge in [-0.05, 0) is 50.0 Å². The highest BCUT2D eigenvalue weighted by Gasteiger charge is 2.24. The minimum Gasteiger partial charge on any atom is -0.497 e. The van der Waals surface area contributed by atoms with Crippen molar-refractivity contribution in [3.8, 4) is 17.0 Å². The van der Waals surface area contributed by atoms with Gasteiger partial charge >= 0.3 is 0 Å². The fraction of sp³-hybridized carbons (Fsp3) is 0.259. The van der Waals surface area contributed by atoms with Crippen LogP contribution in [0.5, 0.6) is 5.75 Å². The smallest absolute Gasteiger partial charge is 0.281 e. The maximum atomic E-state index is 13.5. The molecule has 2 aromatic heterocycles. The van der Waals surface area contributed by atoms with E-state index < -0.39 is 0 Å². The molecule has 0 spiro atoms. The van der Waals surface area contributed by atoms with Gasteiger partial charge in [-0.15, -0.1) is 0 Å². The number of anilines is 1. The number of fused-ring (bicyclic) bond motifs is 1. The third-order valence-electron chi connectivity index (χ3n) is 6.27. The van der Waals surface area contributed by atoms with Gasteiger partial charge in [0, 0.05) is 24.3 Å². The van der Waals surface area contributed by atoms with Crippen molar-refractivity contribution in [1.29, 1.82) is 0 Å². The van der Waals surface area contributed by atoms with Crippen LogP contribution < -0.4 is 15.2 Å². The molecule has 0 bridgehead atoms. The molecule has 1 saturated heterocycles. The highest BCUT2D eigenvalue weighted by molar-refractivity contribution is 5.86. The van der Waals surface area contributed by atoms with Gasteiger partial charge in [0.15, 0.2) is 5.65 Å². The van der Waals surface area contributed by atoms with Crippen molar-refractivity contribution in [1.82, 2.24) is 14.6 Å². The molecular formula is C27H28N4O2. The first-order valence-corrected chi connectivity index (χ1v) is 11.4. The fourth-order valence-corrected chi connectivity index (χ4v) is 4.49. The number of ether oxygens (including phenoxy) is 1. The molecule has 0 amide bonds. The lowest BCUT2D eigenvalue weighted by atomic mass is 10.1. The summed E-state index contributed by atoms with van der Waals surface area (Å²) in [5.41, 5.74) is 5.96. The second-order valence-electron chi connectivity index (χ2n) is 8.45. The minimum atomic E-state index is -0.119. The summed E-state index contributed by atoms with van der Waals surface area (Å²) in [5, 5.41) is 4.82. The second-order valence-corrected chi connectivity index (χ2v) is 8.45. The van der Waals surface area contributed by atoms with E-state index in [-0.39, 0.29) is 5.56 Å². The summed E-state index contributed by atoms with van der Waals surface area (Å²) in [4.78, 5) is 19.4. The van der Waals surface area contributed by atoms with Crippen LogP contribution in [0.4, 0.5) is 5.69 Å².